The second kappa shape index (κ2) is 4.11. The van der Waals surface area contributed by atoms with Gasteiger partial charge in [-0.1, -0.05) is 6.07 Å². The Hall–Kier alpha value is -1.22. The van der Waals surface area contributed by atoms with Crippen LogP contribution in [-0.2, 0) is 0 Å². The standard InChI is InChI=1S/C12H16O3/c1-8(13)9-3-6-11(12(7-9)14-2)15-10-4-5-10/h3,6-8,10,13H,4-5H2,1-2H3. The van der Waals surface area contributed by atoms with Crippen LogP contribution in [0.5, 0.6) is 11.5 Å². The van der Waals surface area contributed by atoms with Crippen molar-refractivity contribution >= 4 is 0 Å². The molecule has 82 valence electrons. The summed E-state index contributed by atoms with van der Waals surface area (Å²) in [6.45, 7) is 1.73. The lowest BCUT2D eigenvalue weighted by Gasteiger charge is -2.12. The van der Waals surface area contributed by atoms with E-state index in [1.54, 1.807) is 14.0 Å². The third-order valence-corrected chi connectivity index (χ3v) is 2.49. The molecule has 0 aliphatic heterocycles. The van der Waals surface area contributed by atoms with Gasteiger partial charge in [-0.3, -0.25) is 0 Å². The third kappa shape index (κ3) is 2.42. The van der Waals surface area contributed by atoms with Gasteiger partial charge in [0, 0.05) is 0 Å². The van der Waals surface area contributed by atoms with Gasteiger partial charge in [0.2, 0.25) is 0 Å². The SMILES string of the molecule is COc1cc(C(C)O)ccc1OC1CC1. The summed E-state index contributed by atoms with van der Waals surface area (Å²) in [6.07, 6.45) is 2.13. The molecule has 1 fully saturated rings. The van der Waals surface area contributed by atoms with Crippen molar-refractivity contribution in [2.24, 2.45) is 0 Å². The maximum absolute atomic E-state index is 9.43. The zero-order valence-corrected chi connectivity index (χ0v) is 9.06. The summed E-state index contributed by atoms with van der Waals surface area (Å²) in [6, 6.07) is 5.55. The Balaban J connectivity index is 2.21. The molecule has 1 atom stereocenters. The number of benzene rings is 1. The zero-order chi connectivity index (χ0) is 10.8. The van der Waals surface area contributed by atoms with Crippen LogP contribution >= 0.6 is 0 Å². The molecule has 1 aliphatic rings. The Morgan fingerprint density at radius 2 is 2.07 bits per heavy atom. The summed E-state index contributed by atoms with van der Waals surface area (Å²) >= 11 is 0. The molecule has 2 rings (SSSR count). The van der Waals surface area contributed by atoms with Crippen molar-refractivity contribution < 1.29 is 14.6 Å². The second-order valence-electron chi connectivity index (χ2n) is 3.90. The molecule has 1 aliphatic carbocycles. The molecule has 15 heavy (non-hydrogen) atoms. The molecule has 0 amide bonds. The lowest BCUT2D eigenvalue weighted by molar-refractivity contribution is 0.198. The minimum Gasteiger partial charge on any atom is -0.493 e. The molecule has 3 nitrogen and oxygen atoms in total. The van der Waals surface area contributed by atoms with E-state index in [0.29, 0.717) is 11.9 Å². The Morgan fingerprint density at radius 3 is 2.60 bits per heavy atom. The predicted molar refractivity (Wildman–Crippen MR) is 57.3 cm³/mol. The molecule has 1 unspecified atom stereocenters. The van der Waals surface area contributed by atoms with E-state index in [2.05, 4.69) is 0 Å². The van der Waals surface area contributed by atoms with Crippen LogP contribution in [0.25, 0.3) is 0 Å². The first-order valence-corrected chi connectivity index (χ1v) is 5.23. The van der Waals surface area contributed by atoms with Crippen LogP contribution in [0, 0.1) is 0 Å². The van der Waals surface area contributed by atoms with E-state index in [0.717, 1.165) is 24.2 Å². The highest BCUT2D eigenvalue weighted by Gasteiger charge is 2.24. The van der Waals surface area contributed by atoms with Crippen molar-refractivity contribution in [3.63, 3.8) is 0 Å². The van der Waals surface area contributed by atoms with Crippen molar-refractivity contribution in [1.29, 1.82) is 0 Å². The molecular weight excluding hydrogens is 192 g/mol. The molecule has 0 radical (unpaired) electrons. The van der Waals surface area contributed by atoms with E-state index in [9.17, 15) is 5.11 Å². The summed E-state index contributed by atoms with van der Waals surface area (Å²) in [5.41, 5.74) is 0.843. The van der Waals surface area contributed by atoms with Crippen molar-refractivity contribution in [2.75, 3.05) is 7.11 Å². The molecule has 1 N–H and O–H groups in total. The lowest BCUT2D eigenvalue weighted by Crippen LogP contribution is -2.00. The van der Waals surface area contributed by atoms with Gasteiger partial charge in [-0.2, -0.15) is 0 Å². The van der Waals surface area contributed by atoms with Crippen molar-refractivity contribution in [3.05, 3.63) is 23.8 Å². The minimum atomic E-state index is -0.478. The van der Waals surface area contributed by atoms with Crippen LogP contribution in [-0.4, -0.2) is 18.3 Å². The van der Waals surface area contributed by atoms with Crippen LogP contribution in [0.4, 0.5) is 0 Å². The molecule has 1 aromatic rings. The fraction of sp³-hybridized carbons (Fsp3) is 0.500. The van der Waals surface area contributed by atoms with Gasteiger partial charge < -0.3 is 14.6 Å². The van der Waals surface area contributed by atoms with Gasteiger partial charge in [0.1, 0.15) is 0 Å². The van der Waals surface area contributed by atoms with Gasteiger partial charge in [-0.05, 0) is 37.5 Å². The summed E-state index contributed by atoms with van der Waals surface area (Å²) in [4.78, 5) is 0. The molecule has 3 heteroatoms. The molecular formula is C12H16O3. The van der Waals surface area contributed by atoms with Crippen LogP contribution < -0.4 is 9.47 Å². The Morgan fingerprint density at radius 1 is 1.33 bits per heavy atom. The molecule has 0 heterocycles. The molecule has 0 saturated heterocycles. The topological polar surface area (TPSA) is 38.7 Å². The summed E-state index contributed by atoms with van der Waals surface area (Å²) in [7, 11) is 1.61. The lowest BCUT2D eigenvalue weighted by atomic mass is 10.1. The number of ether oxygens (including phenoxy) is 2. The number of aliphatic hydroxyl groups is 1. The number of rotatable bonds is 4. The number of methoxy groups -OCH3 is 1. The molecule has 1 saturated carbocycles. The first-order valence-electron chi connectivity index (χ1n) is 5.23. The van der Waals surface area contributed by atoms with E-state index < -0.39 is 6.10 Å². The summed E-state index contributed by atoms with van der Waals surface area (Å²) in [5.74, 6) is 1.46. The maximum atomic E-state index is 9.43. The number of aliphatic hydroxyl groups excluding tert-OH is 1. The highest BCUT2D eigenvalue weighted by molar-refractivity contribution is 5.43. The fourth-order valence-electron chi connectivity index (χ4n) is 1.41. The zero-order valence-electron chi connectivity index (χ0n) is 9.06. The van der Waals surface area contributed by atoms with E-state index in [4.69, 9.17) is 9.47 Å². The first kappa shape index (κ1) is 10.3. The largest absolute Gasteiger partial charge is 0.493 e. The average Bonchev–Trinajstić information content (AvgIpc) is 3.02. The smallest absolute Gasteiger partial charge is 0.161 e. The molecule has 0 aromatic heterocycles. The summed E-state index contributed by atoms with van der Waals surface area (Å²) < 4.78 is 10.9. The number of hydrogen-bond acceptors (Lipinski definition) is 3. The average molecular weight is 208 g/mol. The highest BCUT2D eigenvalue weighted by Crippen LogP contribution is 2.35. The van der Waals surface area contributed by atoms with Gasteiger partial charge in [0.15, 0.2) is 11.5 Å². The summed E-state index contributed by atoms with van der Waals surface area (Å²) in [5, 5.41) is 9.43. The van der Waals surface area contributed by atoms with E-state index in [-0.39, 0.29) is 0 Å². The fourth-order valence-corrected chi connectivity index (χ4v) is 1.41. The van der Waals surface area contributed by atoms with Crippen molar-refractivity contribution in [1.82, 2.24) is 0 Å². The van der Waals surface area contributed by atoms with E-state index >= 15 is 0 Å². The van der Waals surface area contributed by atoms with Gasteiger partial charge in [-0.25, -0.2) is 0 Å². The van der Waals surface area contributed by atoms with E-state index in [1.165, 1.54) is 0 Å². The van der Waals surface area contributed by atoms with Gasteiger partial charge in [0.25, 0.3) is 0 Å². The normalized spacial score (nSPS) is 17.3. The highest BCUT2D eigenvalue weighted by atomic mass is 16.5. The molecule has 1 aromatic carbocycles. The first-order chi connectivity index (χ1) is 7.20. The quantitative estimate of drug-likeness (QED) is 0.825. The number of hydrogen-bond donors (Lipinski definition) is 1. The van der Waals surface area contributed by atoms with Gasteiger partial charge in [-0.15, -0.1) is 0 Å². The van der Waals surface area contributed by atoms with Gasteiger partial charge >= 0.3 is 0 Å². The van der Waals surface area contributed by atoms with Crippen molar-refractivity contribution in [3.8, 4) is 11.5 Å². The Labute approximate surface area is 89.6 Å². The Kier molecular flexibility index (Phi) is 2.82. The predicted octanol–water partition coefficient (Wildman–Crippen LogP) is 2.29. The van der Waals surface area contributed by atoms with Crippen LogP contribution in [0.3, 0.4) is 0 Å². The maximum Gasteiger partial charge on any atom is 0.161 e. The van der Waals surface area contributed by atoms with E-state index in [1.807, 2.05) is 18.2 Å². The Bertz CT molecular complexity index is 343. The third-order valence-electron chi connectivity index (χ3n) is 2.49. The molecule has 0 bridgehead atoms. The van der Waals surface area contributed by atoms with Gasteiger partial charge in [0.05, 0.1) is 19.3 Å². The second-order valence-corrected chi connectivity index (χ2v) is 3.90. The van der Waals surface area contributed by atoms with Crippen LogP contribution in [0.15, 0.2) is 18.2 Å². The van der Waals surface area contributed by atoms with Crippen molar-refractivity contribution in [2.45, 2.75) is 32.0 Å². The minimum absolute atomic E-state index is 0.358. The van der Waals surface area contributed by atoms with Crippen LogP contribution in [0.1, 0.15) is 31.4 Å². The monoisotopic (exact) mass is 208 g/mol. The van der Waals surface area contributed by atoms with Crippen LogP contribution in [0.2, 0.25) is 0 Å². The molecule has 0 spiro atoms.